The van der Waals surface area contributed by atoms with Crippen molar-refractivity contribution in [2.24, 2.45) is 0 Å². The van der Waals surface area contributed by atoms with Gasteiger partial charge in [-0.3, -0.25) is 15.1 Å². The van der Waals surface area contributed by atoms with Crippen molar-refractivity contribution >= 4 is 11.4 Å². The van der Waals surface area contributed by atoms with E-state index in [2.05, 4.69) is 10.3 Å². The Morgan fingerprint density at radius 1 is 1.24 bits per heavy atom. The number of nitrogens with zero attached hydrogens (tertiary/aromatic N) is 2. The zero-order valence-corrected chi connectivity index (χ0v) is 11.7. The van der Waals surface area contributed by atoms with E-state index in [4.69, 9.17) is 9.47 Å². The van der Waals surface area contributed by atoms with E-state index in [1.54, 1.807) is 12.3 Å². The van der Waals surface area contributed by atoms with Crippen molar-refractivity contribution in [1.29, 1.82) is 0 Å². The highest BCUT2D eigenvalue weighted by atomic mass is 16.6. The summed E-state index contributed by atoms with van der Waals surface area (Å²) in [5.74, 6) is 0.735. The Bertz CT molecular complexity index is 632. The van der Waals surface area contributed by atoms with Crippen LogP contribution in [0.2, 0.25) is 0 Å². The van der Waals surface area contributed by atoms with E-state index >= 15 is 0 Å². The number of hydrogen-bond acceptors (Lipinski definition) is 6. The fourth-order valence-corrected chi connectivity index (χ4v) is 1.85. The maximum atomic E-state index is 11.2. The quantitative estimate of drug-likeness (QED) is 0.649. The molecular formula is C14H15N3O4. The lowest BCUT2D eigenvalue weighted by atomic mass is 10.2. The third kappa shape index (κ3) is 3.38. The lowest BCUT2D eigenvalue weighted by Gasteiger charge is -2.11. The van der Waals surface area contributed by atoms with Gasteiger partial charge in [0, 0.05) is 12.3 Å². The third-order valence-corrected chi connectivity index (χ3v) is 2.88. The van der Waals surface area contributed by atoms with E-state index in [0.717, 1.165) is 5.69 Å². The highest BCUT2D eigenvalue weighted by Gasteiger charge is 2.19. The Morgan fingerprint density at radius 3 is 2.52 bits per heavy atom. The van der Waals surface area contributed by atoms with Gasteiger partial charge in [0.1, 0.15) is 5.69 Å². The molecule has 0 saturated heterocycles. The molecule has 21 heavy (non-hydrogen) atoms. The number of pyridine rings is 1. The molecule has 1 N–H and O–H groups in total. The number of nitro benzene ring substituents is 1. The van der Waals surface area contributed by atoms with E-state index in [9.17, 15) is 10.1 Å². The Morgan fingerprint density at radius 2 is 1.95 bits per heavy atom. The Labute approximate surface area is 121 Å². The normalized spacial score (nSPS) is 10.0. The van der Waals surface area contributed by atoms with Crippen molar-refractivity contribution in [2.45, 2.75) is 6.54 Å². The highest BCUT2D eigenvalue weighted by Crippen LogP contribution is 2.37. The van der Waals surface area contributed by atoms with Gasteiger partial charge in [0.25, 0.3) is 5.69 Å². The predicted molar refractivity (Wildman–Crippen MR) is 77.8 cm³/mol. The molecule has 7 nitrogen and oxygen atoms in total. The minimum Gasteiger partial charge on any atom is -0.493 e. The van der Waals surface area contributed by atoms with Gasteiger partial charge in [-0.15, -0.1) is 0 Å². The maximum absolute atomic E-state index is 11.2. The SMILES string of the molecule is COc1cc(NCc2ccccn2)c([N+](=O)[O-])cc1OC. The summed E-state index contributed by atoms with van der Waals surface area (Å²) < 4.78 is 10.2. The van der Waals surface area contributed by atoms with Crippen LogP contribution in [-0.2, 0) is 6.54 Å². The molecule has 0 atom stereocenters. The Hall–Kier alpha value is -2.83. The van der Waals surface area contributed by atoms with Crippen LogP contribution in [0.15, 0.2) is 36.5 Å². The average Bonchev–Trinajstić information content (AvgIpc) is 2.52. The van der Waals surface area contributed by atoms with Crippen LogP contribution in [0, 0.1) is 10.1 Å². The minimum atomic E-state index is -0.470. The van der Waals surface area contributed by atoms with Gasteiger partial charge in [-0.25, -0.2) is 0 Å². The number of nitrogens with one attached hydrogen (secondary N) is 1. The lowest BCUT2D eigenvalue weighted by molar-refractivity contribution is -0.384. The maximum Gasteiger partial charge on any atom is 0.296 e. The highest BCUT2D eigenvalue weighted by molar-refractivity contribution is 5.68. The lowest BCUT2D eigenvalue weighted by Crippen LogP contribution is -2.05. The van der Waals surface area contributed by atoms with E-state index in [0.29, 0.717) is 23.7 Å². The standard InChI is InChI=1S/C14H15N3O4/c1-20-13-7-11(12(17(18)19)8-14(13)21-2)16-9-10-5-3-4-6-15-10/h3-8,16H,9H2,1-2H3. The van der Waals surface area contributed by atoms with Gasteiger partial charge in [0.15, 0.2) is 11.5 Å². The molecule has 0 bridgehead atoms. The molecule has 7 heteroatoms. The second-order valence-corrected chi connectivity index (χ2v) is 4.16. The third-order valence-electron chi connectivity index (χ3n) is 2.88. The molecule has 1 aromatic carbocycles. The fourth-order valence-electron chi connectivity index (χ4n) is 1.85. The predicted octanol–water partition coefficient (Wildman–Crippen LogP) is 2.62. The zero-order chi connectivity index (χ0) is 15.2. The van der Waals surface area contributed by atoms with Crippen LogP contribution in [-0.4, -0.2) is 24.1 Å². The number of methoxy groups -OCH3 is 2. The second-order valence-electron chi connectivity index (χ2n) is 4.16. The average molecular weight is 289 g/mol. The summed E-state index contributed by atoms with van der Waals surface area (Å²) in [6, 6.07) is 8.37. The summed E-state index contributed by atoms with van der Waals surface area (Å²) in [5, 5.41) is 14.2. The number of nitro groups is 1. The van der Waals surface area contributed by atoms with Crippen LogP contribution in [0.25, 0.3) is 0 Å². The summed E-state index contributed by atoms with van der Waals surface area (Å²) in [6.45, 7) is 0.372. The van der Waals surface area contributed by atoms with Gasteiger partial charge in [0.2, 0.25) is 0 Å². The summed E-state index contributed by atoms with van der Waals surface area (Å²) >= 11 is 0. The van der Waals surface area contributed by atoms with Crippen LogP contribution in [0.5, 0.6) is 11.5 Å². The van der Waals surface area contributed by atoms with Crippen LogP contribution in [0.4, 0.5) is 11.4 Å². The molecule has 0 aliphatic rings. The van der Waals surface area contributed by atoms with Gasteiger partial charge in [-0.2, -0.15) is 0 Å². The first-order chi connectivity index (χ1) is 10.2. The molecular weight excluding hydrogens is 274 g/mol. The first-order valence-corrected chi connectivity index (χ1v) is 6.20. The largest absolute Gasteiger partial charge is 0.493 e. The first kappa shape index (κ1) is 14.6. The molecule has 0 unspecified atom stereocenters. The number of hydrogen-bond donors (Lipinski definition) is 1. The van der Waals surface area contributed by atoms with Crippen molar-refractivity contribution < 1.29 is 14.4 Å². The summed E-state index contributed by atoms with van der Waals surface area (Å²) in [6.07, 6.45) is 1.67. The van der Waals surface area contributed by atoms with Gasteiger partial charge >= 0.3 is 0 Å². The van der Waals surface area contributed by atoms with Crippen molar-refractivity contribution in [3.63, 3.8) is 0 Å². The number of benzene rings is 1. The molecule has 0 spiro atoms. The van der Waals surface area contributed by atoms with Crippen molar-refractivity contribution in [3.05, 3.63) is 52.3 Å². The van der Waals surface area contributed by atoms with Gasteiger partial charge in [-0.05, 0) is 12.1 Å². The Kier molecular flexibility index (Phi) is 4.55. The van der Waals surface area contributed by atoms with Crippen LogP contribution in [0.3, 0.4) is 0 Å². The van der Waals surface area contributed by atoms with Crippen molar-refractivity contribution in [3.8, 4) is 11.5 Å². The molecule has 1 aromatic heterocycles. The summed E-state index contributed by atoms with van der Waals surface area (Å²) in [7, 11) is 2.91. The van der Waals surface area contributed by atoms with Crippen LogP contribution >= 0.6 is 0 Å². The molecule has 2 rings (SSSR count). The number of anilines is 1. The second kappa shape index (κ2) is 6.56. The van der Waals surface area contributed by atoms with Crippen molar-refractivity contribution in [2.75, 3.05) is 19.5 Å². The monoisotopic (exact) mass is 289 g/mol. The molecule has 0 amide bonds. The summed E-state index contributed by atoms with van der Waals surface area (Å²) in [5.41, 5.74) is 1.05. The molecule has 2 aromatic rings. The smallest absolute Gasteiger partial charge is 0.296 e. The first-order valence-electron chi connectivity index (χ1n) is 6.20. The number of rotatable bonds is 6. The van der Waals surface area contributed by atoms with E-state index in [1.165, 1.54) is 20.3 Å². The molecule has 1 heterocycles. The topological polar surface area (TPSA) is 86.5 Å². The summed E-state index contributed by atoms with van der Waals surface area (Å²) in [4.78, 5) is 14.8. The van der Waals surface area contributed by atoms with Gasteiger partial charge in [-0.1, -0.05) is 6.07 Å². The molecule has 0 saturated carbocycles. The molecule has 110 valence electrons. The molecule has 0 radical (unpaired) electrons. The fraction of sp³-hybridized carbons (Fsp3) is 0.214. The van der Waals surface area contributed by atoms with Gasteiger partial charge < -0.3 is 14.8 Å². The van der Waals surface area contributed by atoms with E-state index in [-0.39, 0.29) is 5.69 Å². The van der Waals surface area contributed by atoms with Gasteiger partial charge in [0.05, 0.1) is 37.4 Å². The number of ether oxygens (including phenoxy) is 2. The van der Waals surface area contributed by atoms with E-state index in [1.807, 2.05) is 18.2 Å². The zero-order valence-electron chi connectivity index (χ0n) is 11.7. The van der Waals surface area contributed by atoms with Crippen molar-refractivity contribution in [1.82, 2.24) is 4.98 Å². The number of aromatic nitrogens is 1. The minimum absolute atomic E-state index is 0.0800. The molecule has 0 aliphatic carbocycles. The molecule has 0 fully saturated rings. The molecule has 0 aliphatic heterocycles. The van der Waals surface area contributed by atoms with Crippen LogP contribution < -0.4 is 14.8 Å². The van der Waals surface area contributed by atoms with Crippen LogP contribution in [0.1, 0.15) is 5.69 Å². The Balaban J connectivity index is 2.30. The van der Waals surface area contributed by atoms with E-state index < -0.39 is 4.92 Å².